The maximum atomic E-state index is 6.15. The first-order valence-corrected chi connectivity index (χ1v) is 12.3. The van der Waals surface area contributed by atoms with E-state index in [4.69, 9.17) is 30.0 Å². The number of thiol groups is 2. The molecule has 2 aromatic rings. The molecule has 0 aliphatic carbocycles. The number of benzene rings is 2. The van der Waals surface area contributed by atoms with Crippen molar-refractivity contribution in [1.82, 2.24) is 0 Å². The number of thioether (sulfide) groups is 1. The molecule has 2 rings (SSSR count). The number of nitrogens with zero attached hydrogens (tertiary/aromatic N) is 1. The highest BCUT2D eigenvalue weighted by Crippen LogP contribution is 2.41. The van der Waals surface area contributed by atoms with Crippen molar-refractivity contribution in [2.75, 3.05) is 25.6 Å². The average Bonchev–Trinajstić information content (AvgIpc) is 2.72. The summed E-state index contributed by atoms with van der Waals surface area (Å²) in [5.74, 6) is 1.98. The van der Waals surface area contributed by atoms with Crippen LogP contribution in [-0.2, 0) is 0 Å². The molecule has 0 fully saturated rings. The van der Waals surface area contributed by atoms with Crippen molar-refractivity contribution in [3.05, 3.63) is 57.8 Å². The van der Waals surface area contributed by atoms with Crippen LogP contribution >= 0.6 is 37.0 Å². The van der Waals surface area contributed by atoms with E-state index < -0.39 is 0 Å². The van der Waals surface area contributed by atoms with Crippen molar-refractivity contribution < 1.29 is 4.74 Å². The Kier molecular flexibility index (Phi) is 10.1. The van der Waals surface area contributed by atoms with Crippen molar-refractivity contribution in [3.63, 3.8) is 0 Å². The highest BCUT2D eigenvalue weighted by atomic mass is 32.2. The van der Waals surface area contributed by atoms with Gasteiger partial charge in [-0.15, -0.1) is 25.3 Å². The summed E-state index contributed by atoms with van der Waals surface area (Å²) < 4.78 is 7.01. The van der Waals surface area contributed by atoms with Crippen LogP contribution in [0.1, 0.15) is 57.6 Å². The van der Waals surface area contributed by atoms with E-state index in [1.54, 1.807) is 11.8 Å². The van der Waals surface area contributed by atoms with E-state index in [2.05, 4.69) is 75.1 Å². The number of anilines is 1. The molecule has 5 heteroatoms. The molecular weight excluding hydrogens is 426 g/mol. The Labute approximate surface area is 198 Å². The summed E-state index contributed by atoms with van der Waals surface area (Å²) in [5.41, 5.74) is 3.50. The molecule has 0 aliphatic rings. The molecule has 0 heterocycles. The predicted molar refractivity (Wildman–Crippen MR) is 142 cm³/mol. The summed E-state index contributed by atoms with van der Waals surface area (Å²) >= 11 is 11.3. The van der Waals surface area contributed by atoms with E-state index in [0.717, 1.165) is 38.2 Å². The van der Waals surface area contributed by atoms with Crippen molar-refractivity contribution >= 4 is 47.6 Å². The van der Waals surface area contributed by atoms with E-state index in [1.807, 2.05) is 14.1 Å². The minimum Gasteiger partial charge on any atom is -0.493 e. The van der Waals surface area contributed by atoms with Crippen LogP contribution in [0.4, 0.5) is 5.69 Å². The summed E-state index contributed by atoms with van der Waals surface area (Å²) in [6.07, 6.45) is 2.12. The number of ether oxygens (including phenoxy) is 1. The van der Waals surface area contributed by atoms with Gasteiger partial charge in [0.25, 0.3) is 0 Å². The molecule has 0 amide bonds. The molecule has 0 aliphatic heterocycles. The van der Waals surface area contributed by atoms with Gasteiger partial charge in [-0.2, -0.15) is 0 Å². The van der Waals surface area contributed by atoms with Crippen molar-refractivity contribution in [2.24, 2.45) is 5.92 Å². The van der Waals surface area contributed by atoms with E-state index in [1.165, 1.54) is 11.3 Å². The van der Waals surface area contributed by atoms with Crippen LogP contribution in [-0.4, -0.2) is 20.7 Å². The number of rotatable bonds is 10. The summed E-state index contributed by atoms with van der Waals surface area (Å²) in [4.78, 5) is 4.08. The van der Waals surface area contributed by atoms with Crippen LogP contribution in [0.15, 0.2) is 51.6 Å². The Hall–Kier alpha value is -1.17. The van der Waals surface area contributed by atoms with E-state index in [9.17, 15) is 0 Å². The normalized spacial score (nSPS) is 13.2. The maximum Gasteiger partial charge on any atom is 0.127 e. The van der Waals surface area contributed by atoms with Gasteiger partial charge < -0.3 is 9.64 Å². The molecule has 0 spiro atoms. The van der Waals surface area contributed by atoms with Crippen LogP contribution in [0.3, 0.4) is 0 Å². The summed E-state index contributed by atoms with van der Waals surface area (Å²) in [6, 6.07) is 14.9. The second-order valence-electron chi connectivity index (χ2n) is 8.24. The fourth-order valence-corrected chi connectivity index (χ4v) is 4.34. The summed E-state index contributed by atoms with van der Waals surface area (Å²) in [6.45, 7) is 9.60. The topological polar surface area (TPSA) is 12.5 Å². The quantitative estimate of drug-likeness (QED) is 0.275. The van der Waals surface area contributed by atoms with Crippen LogP contribution in [0.2, 0.25) is 0 Å². The SMILES string of the molecule is CCC(C)c1ccc(OCCC(C)C)c(/C(S)=C(/S)Sc2ccc(N(C)C)cc2)c1. The van der Waals surface area contributed by atoms with Gasteiger partial charge >= 0.3 is 0 Å². The van der Waals surface area contributed by atoms with Gasteiger partial charge in [-0.1, -0.05) is 45.5 Å². The van der Waals surface area contributed by atoms with Gasteiger partial charge in [0.15, 0.2) is 0 Å². The Bertz CT molecular complexity index is 844. The fraction of sp³-hybridized carbons (Fsp3) is 0.440. The Morgan fingerprint density at radius 2 is 1.70 bits per heavy atom. The molecule has 0 radical (unpaired) electrons. The minimum atomic E-state index is 0.490. The van der Waals surface area contributed by atoms with Crippen molar-refractivity contribution in [1.29, 1.82) is 0 Å². The van der Waals surface area contributed by atoms with Gasteiger partial charge in [0.05, 0.1) is 10.8 Å². The molecule has 0 N–H and O–H groups in total. The molecule has 164 valence electrons. The first-order valence-electron chi connectivity index (χ1n) is 10.6. The predicted octanol–water partition coefficient (Wildman–Crippen LogP) is 7.97. The smallest absolute Gasteiger partial charge is 0.127 e. The molecule has 0 saturated carbocycles. The van der Waals surface area contributed by atoms with Crippen LogP contribution < -0.4 is 9.64 Å². The highest BCUT2D eigenvalue weighted by molar-refractivity contribution is 8.17. The first-order chi connectivity index (χ1) is 14.2. The van der Waals surface area contributed by atoms with Crippen LogP contribution in [0.5, 0.6) is 5.75 Å². The van der Waals surface area contributed by atoms with Crippen molar-refractivity contribution in [3.8, 4) is 5.75 Å². The third-order valence-corrected chi connectivity index (χ3v) is 7.36. The standard InChI is InChI=1S/C25H35NOS3/c1-7-18(4)19-8-13-23(27-15-14-17(2)3)22(16-19)24(28)25(29)30-21-11-9-20(10-12-21)26(5)6/h8-13,16-18,28-29H,7,14-15H2,1-6H3/b25-24+. The molecular formula is C25H35NOS3. The molecule has 2 nitrogen and oxygen atoms in total. The van der Waals surface area contributed by atoms with Crippen LogP contribution in [0.25, 0.3) is 4.91 Å². The molecule has 30 heavy (non-hydrogen) atoms. The third kappa shape index (κ3) is 7.21. The van der Waals surface area contributed by atoms with Gasteiger partial charge in [0.1, 0.15) is 5.75 Å². The molecule has 0 bridgehead atoms. The summed E-state index contributed by atoms with van der Waals surface area (Å²) in [5, 5.41) is 0. The first kappa shape index (κ1) is 25.1. The Balaban J connectivity index is 2.33. The lowest BCUT2D eigenvalue weighted by Gasteiger charge is -2.18. The lowest BCUT2D eigenvalue weighted by molar-refractivity contribution is 0.289. The highest BCUT2D eigenvalue weighted by Gasteiger charge is 2.14. The average molecular weight is 462 g/mol. The van der Waals surface area contributed by atoms with E-state index in [-0.39, 0.29) is 0 Å². The zero-order valence-corrected chi connectivity index (χ0v) is 21.6. The Morgan fingerprint density at radius 1 is 1.03 bits per heavy atom. The van der Waals surface area contributed by atoms with E-state index in [0.29, 0.717) is 18.4 Å². The molecule has 0 aromatic heterocycles. The van der Waals surface area contributed by atoms with Crippen molar-refractivity contribution in [2.45, 2.75) is 51.3 Å². The van der Waals surface area contributed by atoms with Crippen LogP contribution in [0, 0.1) is 5.92 Å². The van der Waals surface area contributed by atoms with Gasteiger partial charge in [0, 0.05) is 35.1 Å². The molecule has 2 aromatic carbocycles. The monoisotopic (exact) mass is 461 g/mol. The number of hydrogen-bond acceptors (Lipinski definition) is 5. The molecule has 1 unspecified atom stereocenters. The second kappa shape index (κ2) is 12.0. The van der Waals surface area contributed by atoms with Gasteiger partial charge in [0.2, 0.25) is 0 Å². The molecule has 1 atom stereocenters. The minimum absolute atomic E-state index is 0.490. The largest absolute Gasteiger partial charge is 0.493 e. The molecule has 0 saturated heterocycles. The van der Waals surface area contributed by atoms with E-state index >= 15 is 0 Å². The van der Waals surface area contributed by atoms with Gasteiger partial charge in [-0.3, -0.25) is 0 Å². The second-order valence-corrected chi connectivity index (χ2v) is 10.5. The Morgan fingerprint density at radius 3 is 2.27 bits per heavy atom. The van der Waals surface area contributed by atoms with Gasteiger partial charge in [-0.05, 0) is 66.6 Å². The zero-order chi connectivity index (χ0) is 22.3. The fourth-order valence-electron chi connectivity index (χ4n) is 2.89. The lowest BCUT2D eigenvalue weighted by atomic mass is 9.96. The zero-order valence-electron chi connectivity index (χ0n) is 19.0. The lowest BCUT2D eigenvalue weighted by Crippen LogP contribution is -2.07. The summed E-state index contributed by atoms with van der Waals surface area (Å²) in [7, 11) is 4.09. The van der Waals surface area contributed by atoms with Gasteiger partial charge in [-0.25, -0.2) is 0 Å². The number of hydrogen-bond donors (Lipinski definition) is 2. The maximum absolute atomic E-state index is 6.15. The third-order valence-electron chi connectivity index (χ3n) is 5.16.